The summed E-state index contributed by atoms with van der Waals surface area (Å²) in [7, 11) is 1.74. The highest BCUT2D eigenvalue weighted by molar-refractivity contribution is 5.93. The SMILES string of the molecule is CN(C(=O)CCCc1ccc(-c2ccccc2)c(NC(=O)OC2CCC(N)CC2)c1)c1ccc(C=O)cc1. The van der Waals surface area contributed by atoms with Gasteiger partial charge in [0.1, 0.15) is 12.4 Å². The highest BCUT2D eigenvalue weighted by atomic mass is 16.6. The lowest BCUT2D eigenvalue weighted by atomic mass is 9.94. The molecule has 0 aromatic heterocycles. The first-order valence-corrected chi connectivity index (χ1v) is 13.2. The Labute approximate surface area is 224 Å². The fraction of sp³-hybridized carbons (Fsp3) is 0.323. The standard InChI is InChI=1S/C31H35N3O4/c1-34(26-15-10-23(21-35)11-16-26)30(36)9-5-6-22-12-19-28(24-7-3-2-4-8-24)29(20-22)33-31(37)38-27-17-13-25(32)14-18-27/h2-4,7-8,10-12,15-16,19-21,25,27H,5-6,9,13-14,17-18,32H2,1H3,(H,33,37). The van der Waals surface area contributed by atoms with Crippen LogP contribution < -0.4 is 16.0 Å². The van der Waals surface area contributed by atoms with Gasteiger partial charge in [-0.1, -0.05) is 42.5 Å². The van der Waals surface area contributed by atoms with E-state index in [1.807, 2.05) is 48.5 Å². The fourth-order valence-electron chi connectivity index (χ4n) is 4.75. The molecule has 1 aliphatic rings. The van der Waals surface area contributed by atoms with Gasteiger partial charge in [-0.05, 0) is 80.0 Å². The number of nitrogens with one attached hydrogen (secondary N) is 1. The van der Waals surface area contributed by atoms with Crippen molar-refractivity contribution in [3.05, 3.63) is 83.9 Å². The molecule has 0 atom stereocenters. The van der Waals surface area contributed by atoms with Crippen LogP contribution in [0, 0.1) is 0 Å². The van der Waals surface area contributed by atoms with Gasteiger partial charge in [0, 0.05) is 36.3 Å². The van der Waals surface area contributed by atoms with Crippen LogP contribution >= 0.6 is 0 Å². The second-order valence-corrected chi connectivity index (χ2v) is 9.83. The van der Waals surface area contributed by atoms with E-state index in [-0.39, 0.29) is 18.1 Å². The summed E-state index contributed by atoms with van der Waals surface area (Å²) >= 11 is 0. The van der Waals surface area contributed by atoms with Gasteiger partial charge in [-0.3, -0.25) is 14.9 Å². The normalized spacial score (nSPS) is 16.9. The van der Waals surface area contributed by atoms with Gasteiger partial charge >= 0.3 is 6.09 Å². The summed E-state index contributed by atoms with van der Waals surface area (Å²) in [6, 6.07) is 23.0. The van der Waals surface area contributed by atoms with Crippen molar-refractivity contribution >= 4 is 29.7 Å². The predicted octanol–water partition coefficient (Wildman–Crippen LogP) is 5.97. The monoisotopic (exact) mass is 513 g/mol. The maximum atomic E-state index is 12.8. The number of hydrogen-bond acceptors (Lipinski definition) is 5. The second kappa shape index (κ2) is 13.0. The number of carbonyl (C=O) groups is 3. The number of nitrogens with two attached hydrogens (primary N) is 1. The lowest BCUT2D eigenvalue weighted by Crippen LogP contribution is -2.32. The first-order chi connectivity index (χ1) is 18.4. The molecule has 3 aromatic carbocycles. The van der Waals surface area contributed by atoms with E-state index in [4.69, 9.17) is 10.5 Å². The van der Waals surface area contributed by atoms with Gasteiger partial charge in [-0.2, -0.15) is 0 Å². The zero-order valence-corrected chi connectivity index (χ0v) is 21.8. The smallest absolute Gasteiger partial charge is 0.411 e. The predicted molar refractivity (Wildman–Crippen MR) is 150 cm³/mol. The molecule has 0 unspecified atom stereocenters. The van der Waals surface area contributed by atoms with Crippen LogP contribution in [0.4, 0.5) is 16.2 Å². The summed E-state index contributed by atoms with van der Waals surface area (Å²) < 4.78 is 5.69. The van der Waals surface area contributed by atoms with Gasteiger partial charge in [0.15, 0.2) is 0 Å². The summed E-state index contributed by atoms with van der Waals surface area (Å²) in [6.45, 7) is 0. The zero-order chi connectivity index (χ0) is 26.9. The Balaban J connectivity index is 1.40. The molecule has 0 aliphatic heterocycles. The third-order valence-corrected chi connectivity index (χ3v) is 7.04. The minimum absolute atomic E-state index is 0.00103. The summed E-state index contributed by atoms with van der Waals surface area (Å²) in [4.78, 5) is 38.0. The van der Waals surface area contributed by atoms with Gasteiger partial charge in [-0.25, -0.2) is 4.79 Å². The Bertz CT molecular complexity index is 1240. The van der Waals surface area contributed by atoms with E-state index in [0.29, 0.717) is 30.5 Å². The molecule has 1 fully saturated rings. The lowest BCUT2D eigenvalue weighted by Gasteiger charge is -2.26. The van der Waals surface area contributed by atoms with Crippen molar-refractivity contribution in [2.75, 3.05) is 17.3 Å². The molecule has 2 amide bonds. The quantitative estimate of drug-likeness (QED) is 0.343. The number of hydrogen-bond donors (Lipinski definition) is 2. The van der Waals surface area contributed by atoms with Crippen LogP contribution in [0.1, 0.15) is 54.4 Å². The summed E-state index contributed by atoms with van der Waals surface area (Å²) in [5.74, 6) is -0.00103. The van der Waals surface area contributed by atoms with E-state index in [1.165, 1.54) is 0 Å². The zero-order valence-electron chi connectivity index (χ0n) is 21.8. The highest BCUT2D eigenvalue weighted by Gasteiger charge is 2.22. The minimum Gasteiger partial charge on any atom is -0.446 e. The van der Waals surface area contributed by atoms with E-state index in [1.54, 1.807) is 36.2 Å². The van der Waals surface area contributed by atoms with Crippen LogP contribution in [0.2, 0.25) is 0 Å². The minimum atomic E-state index is -0.461. The summed E-state index contributed by atoms with van der Waals surface area (Å²) in [5.41, 5.74) is 10.9. The van der Waals surface area contributed by atoms with Crippen molar-refractivity contribution in [2.45, 2.75) is 57.1 Å². The molecule has 1 aliphatic carbocycles. The van der Waals surface area contributed by atoms with Crippen LogP contribution in [-0.2, 0) is 16.0 Å². The number of aryl methyl sites for hydroxylation is 1. The first kappa shape index (κ1) is 27.1. The van der Waals surface area contributed by atoms with E-state index in [9.17, 15) is 14.4 Å². The van der Waals surface area contributed by atoms with Gasteiger partial charge in [0.25, 0.3) is 0 Å². The molecule has 7 heteroatoms. The number of aldehydes is 1. The molecule has 198 valence electrons. The second-order valence-electron chi connectivity index (χ2n) is 9.83. The Morgan fingerprint density at radius 1 is 1.00 bits per heavy atom. The maximum Gasteiger partial charge on any atom is 0.411 e. The number of amides is 2. The van der Waals surface area contributed by atoms with Crippen LogP contribution in [0.5, 0.6) is 0 Å². The molecule has 3 N–H and O–H groups in total. The van der Waals surface area contributed by atoms with Gasteiger partial charge < -0.3 is 15.4 Å². The summed E-state index contributed by atoms with van der Waals surface area (Å²) in [6.07, 6.45) is 5.21. The first-order valence-electron chi connectivity index (χ1n) is 13.2. The van der Waals surface area contributed by atoms with Crippen molar-refractivity contribution < 1.29 is 19.1 Å². The number of rotatable bonds is 9. The molecule has 0 spiro atoms. The molecule has 3 aromatic rings. The van der Waals surface area contributed by atoms with Crippen molar-refractivity contribution in [2.24, 2.45) is 5.73 Å². The topological polar surface area (TPSA) is 102 Å². The summed E-state index contributed by atoms with van der Waals surface area (Å²) in [5, 5.41) is 2.96. The van der Waals surface area contributed by atoms with Crippen LogP contribution in [-0.4, -0.2) is 37.5 Å². The third kappa shape index (κ3) is 7.29. The molecule has 4 rings (SSSR count). The van der Waals surface area contributed by atoms with Gasteiger partial charge in [-0.15, -0.1) is 0 Å². The van der Waals surface area contributed by atoms with Crippen molar-refractivity contribution in [1.29, 1.82) is 0 Å². The van der Waals surface area contributed by atoms with E-state index in [0.717, 1.165) is 54.3 Å². The Morgan fingerprint density at radius 3 is 2.39 bits per heavy atom. The molecular weight excluding hydrogens is 478 g/mol. The van der Waals surface area contributed by atoms with Crippen molar-refractivity contribution in [3.8, 4) is 11.1 Å². The van der Waals surface area contributed by atoms with Crippen molar-refractivity contribution in [1.82, 2.24) is 0 Å². The Kier molecular flexibility index (Phi) is 9.27. The third-order valence-electron chi connectivity index (χ3n) is 7.04. The molecular formula is C31H35N3O4. The van der Waals surface area contributed by atoms with E-state index >= 15 is 0 Å². The number of anilines is 2. The molecule has 0 radical (unpaired) electrons. The molecule has 7 nitrogen and oxygen atoms in total. The molecule has 0 heterocycles. The van der Waals surface area contributed by atoms with Crippen LogP contribution in [0.25, 0.3) is 11.1 Å². The van der Waals surface area contributed by atoms with Crippen LogP contribution in [0.3, 0.4) is 0 Å². The average Bonchev–Trinajstić information content (AvgIpc) is 2.94. The number of ether oxygens (including phenoxy) is 1. The van der Waals surface area contributed by atoms with E-state index in [2.05, 4.69) is 5.32 Å². The molecule has 0 saturated heterocycles. The van der Waals surface area contributed by atoms with Crippen LogP contribution in [0.15, 0.2) is 72.8 Å². The largest absolute Gasteiger partial charge is 0.446 e. The lowest BCUT2D eigenvalue weighted by molar-refractivity contribution is -0.118. The molecule has 1 saturated carbocycles. The molecule has 0 bridgehead atoms. The van der Waals surface area contributed by atoms with Gasteiger partial charge in [0.05, 0.1) is 5.69 Å². The van der Waals surface area contributed by atoms with Gasteiger partial charge in [0.2, 0.25) is 5.91 Å². The number of carbonyl (C=O) groups excluding carboxylic acids is 3. The highest BCUT2D eigenvalue weighted by Crippen LogP contribution is 2.30. The number of nitrogens with zero attached hydrogens (tertiary/aromatic N) is 1. The Hall–Kier alpha value is -3.97. The fourth-order valence-corrected chi connectivity index (χ4v) is 4.75. The van der Waals surface area contributed by atoms with E-state index < -0.39 is 6.09 Å². The Morgan fingerprint density at radius 2 is 1.71 bits per heavy atom. The maximum absolute atomic E-state index is 12.8. The number of benzene rings is 3. The van der Waals surface area contributed by atoms with Crippen molar-refractivity contribution in [3.63, 3.8) is 0 Å². The average molecular weight is 514 g/mol. The molecule has 38 heavy (non-hydrogen) atoms.